The first kappa shape index (κ1) is 11.7. The molecule has 2 aromatic carbocycles. The summed E-state index contributed by atoms with van der Waals surface area (Å²) in [5.41, 5.74) is 10.5. The van der Waals surface area contributed by atoms with Crippen LogP contribution < -0.4 is 11.1 Å². The predicted molar refractivity (Wildman–Crippen MR) is 72.6 cm³/mol. The van der Waals surface area contributed by atoms with Crippen LogP contribution in [0.3, 0.4) is 0 Å². The number of nitrogens with one attached hydrogen (secondary N) is 1. The van der Waals surface area contributed by atoms with Crippen molar-refractivity contribution in [3.8, 4) is 0 Å². The normalized spacial score (nSPS) is 10.4. The summed E-state index contributed by atoms with van der Waals surface area (Å²) in [4.78, 5) is 0. The van der Waals surface area contributed by atoms with Gasteiger partial charge in [0.2, 0.25) is 0 Å². The van der Waals surface area contributed by atoms with Crippen molar-refractivity contribution in [3.05, 3.63) is 65.2 Å². The SMILES string of the molecule is Cc1cccc(CNCc2ccccc2N)c1. The second-order valence-electron chi connectivity index (χ2n) is 4.29. The topological polar surface area (TPSA) is 38.0 Å². The average Bonchev–Trinajstić information content (AvgIpc) is 2.32. The number of nitrogen functional groups attached to an aromatic ring is 1. The van der Waals surface area contributed by atoms with Crippen LogP contribution in [0.2, 0.25) is 0 Å². The minimum Gasteiger partial charge on any atom is -0.398 e. The molecule has 2 heteroatoms. The number of aryl methyl sites for hydroxylation is 1. The third kappa shape index (κ3) is 3.33. The van der Waals surface area contributed by atoms with Gasteiger partial charge < -0.3 is 11.1 Å². The average molecular weight is 226 g/mol. The van der Waals surface area contributed by atoms with Crippen LogP contribution >= 0.6 is 0 Å². The Morgan fingerprint density at radius 3 is 2.59 bits per heavy atom. The van der Waals surface area contributed by atoms with Crippen LogP contribution in [0.1, 0.15) is 16.7 Å². The van der Waals surface area contributed by atoms with Crippen molar-refractivity contribution in [3.63, 3.8) is 0 Å². The number of rotatable bonds is 4. The molecule has 0 amide bonds. The number of para-hydroxylation sites is 1. The van der Waals surface area contributed by atoms with Crippen molar-refractivity contribution in [1.29, 1.82) is 0 Å². The zero-order valence-electron chi connectivity index (χ0n) is 10.1. The van der Waals surface area contributed by atoms with Gasteiger partial charge in [0.1, 0.15) is 0 Å². The molecule has 0 aliphatic carbocycles. The smallest absolute Gasteiger partial charge is 0.0359 e. The van der Waals surface area contributed by atoms with Crippen molar-refractivity contribution in [2.75, 3.05) is 5.73 Å². The van der Waals surface area contributed by atoms with Gasteiger partial charge in [-0.15, -0.1) is 0 Å². The maximum absolute atomic E-state index is 5.88. The Morgan fingerprint density at radius 1 is 1.00 bits per heavy atom. The molecular formula is C15H18N2. The first-order valence-electron chi connectivity index (χ1n) is 5.85. The minimum absolute atomic E-state index is 0.806. The van der Waals surface area contributed by atoms with Gasteiger partial charge in [0, 0.05) is 18.8 Å². The zero-order valence-corrected chi connectivity index (χ0v) is 10.1. The molecule has 0 aliphatic rings. The van der Waals surface area contributed by atoms with Crippen LogP contribution in [0, 0.1) is 6.92 Å². The number of anilines is 1. The number of hydrogen-bond acceptors (Lipinski definition) is 2. The van der Waals surface area contributed by atoms with Crippen LogP contribution in [-0.2, 0) is 13.1 Å². The summed E-state index contributed by atoms with van der Waals surface area (Å²) in [5, 5.41) is 3.41. The Labute approximate surface area is 102 Å². The second kappa shape index (κ2) is 5.51. The number of benzene rings is 2. The maximum Gasteiger partial charge on any atom is 0.0359 e. The van der Waals surface area contributed by atoms with E-state index >= 15 is 0 Å². The fourth-order valence-corrected chi connectivity index (χ4v) is 1.86. The van der Waals surface area contributed by atoms with Crippen LogP contribution in [0.15, 0.2) is 48.5 Å². The highest BCUT2D eigenvalue weighted by molar-refractivity contribution is 5.46. The lowest BCUT2D eigenvalue weighted by atomic mass is 10.1. The van der Waals surface area contributed by atoms with Gasteiger partial charge in [0.25, 0.3) is 0 Å². The molecule has 88 valence electrons. The van der Waals surface area contributed by atoms with Gasteiger partial charge in [0.05, 0.1) is 0 Å². The molecule has 0 spiro atoms. The first-order valence-corrected chi connectivity index (χ1v) is 5.85. The maximum atomic E-state index is 5.88. The van der Waals surface area contributed by atoms with E-state index < -0.39 is 0 Å². The molecule has 0 fully saturated rings. The van der Waals surface area contributed by atoms with E-state index in [1.54, 1.807) is 0 Å². The molecule has 0 aromatic heterocycles. The minimum atomic E-state index is 0.806. The standard InChI is InChI=1S/C15H18N2/c1-12-5-4-6-13(9-12)10-17-11-14-7-2-3-8-15(14)16/h2-9,17H,10-11,16H2,1H3. The van der Waals surface area contributed by atoms with E-state index in [0.29, 0.717) is 0 Å². The summed E-state index contributed by atoms with van der Waals surface area (Å²) in [6.07, 6.45) is 0. The third-order valence-corrected chi connectivity index (χ3v) is 2.78. The van der Waals surface area contributed by atoms with Crippen molar-refractivity contribution in [2.24, 2.45) is 0 Å². The monoisotopic (exact) mass is 226 g/mol. The van der Waals surface area contributed by atoms with E-state index in [2.05, 4.69) is 42.6 Å². The molecule has 0 saturated carbocycles. The Balaban J connectivity index is 1.90. The molecule has 2 nitrogen and oxygen atoms in total. The van der Waals surface area contributed by atoms with Crippen LogP contribution in [0.4, 0.5) is 5.69 Å². The Morgan fingerprint density at radius 2 is 1.82 bits per heavy atom. The second-order valence-corrected chi connectivity index (χ2v) is 4.29. The molecule has 2 rings (SSSR count). The molecule has 0 aliphatic heterocycles. The van der Waals surface area contributed by atoms with Crippen LogP contribution in [0.5, 0.6) is 0 Å². The Kier molecular flexibility index (Phi) is 3.78. The van der Waals surface area contributed by atoms with Crippen molar-refractivity contribution >= 4 is 5.69 Å². The van der Waals surface area contributed by atoms with Gasteiger partial charge >= 0.3 is 0 Å². The van der Waals surface area contributed by atoms with E-state index in [1.807, 2.05) is 18.2 Å². The Hall–Kier alpha value is -1.80. The molecule has 17 heavy (non-hydrogen) atoms. The molecule has 0 saturated heterocycles. The van der Waals surface area contributed by atoms with Gasteiger partial charge in [-0.1, -0.05) is 48.0 Å². The number of hydrogen-bond donors (Lipinski definition) is 2. The largest absolute Gasteiger partial charge is 0.398 e. The van der Waals surface area contributed by atoms with E-state index in [1.165, 1.54) is 11.1 Å². The Bertz CT molecular complexity index is 492. The summed E-state index contributed by atoms with van der Waals surface area (Å²) in [6, 6.07) is 16.5. The molecule has 2 aromatic rings. The molecular weight excluding hydrogens is 208 g/mol. The lowest BCUT2D eigenvalue weighted by Crippen LogP contribution is -2.13. The van der Waals surface area contributed by atoms with E-state index in [4.69, 9.17) is 5.73 Å². The zero-order chi connectivity index (χ0) is 12.1. The fraction of sp³-hybridized carbons (Fsp3) is 0.200. The quantitative estimate of drug-likeness (QED) is 0.787. The summed E-state index contributed by atoms with van der Waals surface area (Å²) in [5.74, 6) is 0. The van der Waals surface area contributed by atoms with E-state index in [-0.39, 0.29) is 0 Å². The van der Waals surface area contributed by atoms with Gasteiger partial charge in [-0.25, -0.2) is 0 Å². The van der Waals surface area contributed by atoms with Crippen LogP contribution in [0.25, 0.3) is 0 Å². The number of nitrogens with two attached hydrogens (primary N) is 1. The molecule has 0 heterocycles. The van der Waals surface area contributed by atoms with Gasteiger partial charge in [-0.2, -0.15) is 0 Å². The van der Waals surface area contributed by atoms with Gasteiger partial charge in [-0.3, -0.25) is 0 Å². The molecule has 0 radical (unpaired) electrons. The summed E-state index contributed by atoms with van der Waals surface area (Å²) >= 11 is 0. The van der Waals surface area contributed by atoms with E-state index in [0.717, 1.165) is 24.3 Å². The highest BCUT2D eigenvalue weighted by atomic mass is 14.9. The van der Waals surface area contributed by atoms with Crippen molar-refractivity contribution < 1.29 is 0 Å². The van der Waals surface area contributed by atoms with Crippen molar-refractivity contribution in [2.45, 2.75) is 20.0 Å². The van der Waals surface area contributed by atoms with Crippen LogP contribution in [-0.4, -0.2) is 0 Å². The predicted octanol–water partition coefficient (Wildman–Crippen LogP) is 2.87. The van der Waals surface area contributed by atoms with Gasteiger partial charge in [-0.05, 0) is 24.1 Å². The van der Waals surface area contributed by atoms with E-state index in [9.17, 15) is 0 Å². The third-order valence-electron chi connectivity index (χ3n) is 2.78. The molecule has 0 bridgehead atoms. The lowest BCUT2D eigenvalue weighted by molar-refractivity contribution is 0.694. The summed E-state index contributed by atoms with van der Waals surface area (Å²) in [6.45, 7) is 3.79. The summed E-state index contributed by atoms with van der Waals surface area (Å²) in [7, 11) is 0. The highest BCUT2D eigenvalue weighted by Crippen LogP contribution is 2.10. The highest BCUT2D eigenvalue weighted by Gasteiger charge is 1.97. The first-order chi connectivity index (χ1) is 8.25. The fourth-order valence-electron chi connectivity index (χ4n) is 1.86. The van der Waals surface area contributed by atoms with Gasteiger partial charge in [0.15, 0.2) is 0 Å². The summed E-state index contributed by atoms with van der Waals surface area (Å²) < 4.78 is 0. The molecule has 3 N–H and O–H groups in total. The molecule has 0 atom stereocenters. The van der Waals surface area contributed by atoms with Crippen molar-refractivity contribution in [1.82, 2.24) is 5.32 Å². The lowest BCUT2D eigenvalue weighted by Gasteiger charge is -2.08. The molecule has 0 unspecified atom stereocenters.